The number of carboxylic acid groups (broad SMARTS) is 2. The second-order valence-electron chi connectivity index (χ2n) is 3.73. The standard InChI is InChI=1S/C11H9N3O6/c12-5-6-1-2-9(14(19)20)7(3-6)13-8(11(17)18)4-10(15)16/h1-3,8,13H,4H2,(H,15,16)(H,17,18). The summed E-state index contributed by atoms with van der Waals surface area (Å²) in [7, 11) is 0. The normalized spacial score (nSPS) is 11.2. The molecule has 9 heteroatoms. The first-order valence-corrected chi connectivity index (χ1v) is 5.25. The van der Waals surface area contributed by atoms with Gasteiger partial charge in [0.1, 0.15) is 11.7 Å². The van der Waals surface area contributed by atoms with Crippen molar-refractivity contribution in [3.63, 3.8) is 0 Å². The third-order valence-corrected chi connectivity index (χ3v) is 2.33. The van der Waals surface area contributed by atoms with Crippen molar-refractivity contribution in [1.29, 1.82) is 5.26 Å². The minimum absolute atomic E-state index is 0.0811. The van der Waals surface area contributed by atoms with Crippen LogP contribution in [0.2, 0.25) is 0 Å². The Morgan fingerprint density at radius 1 is 1.45 bits per heavy atom. The number of hydrogen-bond donors (Lipinski definition) is 3. The van der Waals surface area contributed by atoms with Crippen LogP contribution in [0.25, 0.3) is 0 Å². The van der Waals surface area contributed by atoms with E-state index in [0.29, 0.717) is 0 Å². The molecule has 0 aromatic heterocycles. The first-order valence-electron chi connectivity index (χ1n) is 5.25. The molecule has 9 nitrogen and oxygen atoms in total. The van der Waals surface area contributed by atoms with Crippen molar-refractivity contribution in [3.8, 4) is 6.07 Å². The molecule has 104 valence electrons. The van der Waals surface area contributed by atoms with Gasteiger partial charge in [0.25, 0.3) is 5.69 Å². The minimum atomic E-state index is -1.54. The van der Waals surface area contributed by atoms with Gasteiger partial charge in [-0.2, -0.15) is 5.26 Å². The molecule has 0 heterocycles. The average Bonchev–Trinajstić information content (AvgIpc) is 2.36. The topological polar surface area (TPSA) is 154 Å². The quantitative estimate of drug-likeness (QED) is 0.510. The summed E-state index contributed by atoms with van der Waals surface area (Å²) in [5.74, 6) is -2.84. The minimum Gasteiger partial charge on any atom is -0.481 e. The fourth-order valence-corrected chi connectivity index (χ4v) is 1.44. The summed E-state index contributed by atoms with van der Waals surface area (Å²) in [6.07, 6.45) is -0.761. The number of carboxylic acids is 2. The van der Waals surface area contributed by atoms with E-state index >= 15 is 0 Å². The molecule has 1 rings (SSSR count). The third-order valence-electron chi connectivity index (χ3n) is 2.33. The number of aliphatic carboxylic acids is 2. The molecule has 0 spiro atoms. The number of carbonyl (C=O) groups is 2. The molecule has 3 N–H and O–H groups in total. The monoisotopic (exact) mass is 279 g/mol. The Hall–Kier alpha value is -3.15. The highest BCUT2D eigenvalue weighted by atomic mass is 16.6. The zero-order valence-electron chi connectivity index (χ0n) is 9.94. The maximum absolute atomic E-state index is 10.9. The molecule has 0 fully saturated rings. The summed E-state index contributed by atoms with van der Waals surface area (Å²) >= 11 is 0. The van der Waals surface area contributed by atoms with Crippen LogP contribution < -0.4 is 5.32 Å². The zero-order chi connectivity index (χ0) is 15.3. The van der Waals surface area contributed by atoms with Crippen molar-refractivity contribution in [1.82, 2.24) is 0 Å². The fourth-order valence-electron chi connectivity index (χ4n) is 1.44. The molecule has 0 amide bonds. The predicted octanol–water partition coefficient (Wildman–Crippen LogP) is 0.806. The van der Waals surface area contributed by atoms with Crippen molar-refractivity contribution >= 4 is 23.3 Å². The van der Waals surface area contributed by atoms with E-state index in [2.05, 4.69) is 5.32 Å². The molecule has 0 aliphatic heterocycles. The lowest BCUT2D eigenvalue weighted by Gasteiger charge is -2.13. The molecule has 1 aromatic carbocycles. The molecule has 0 saturated carbocycles. The second-order valence-corrected chi connectivity index (χ2v) is 3.73. The molecular formula is C11H9N3O6. The van der Waals surface area contributed by atoms with Crippen LogP contribution in [-0.4, -0.2) is 33.1 Å². The first-order chi connectivity index (χ1) is 9.35. The molecule has 1 atom stereocenters. The van der Waals surface area contributed by atoms with Crippen LogP contribution in [0.15, 0.2) is 18.2 Å². The summed E-state index contributed by atoms with van der Waals surface area (Å²) in [5, 5.41) is 39.3. The predicted molar refractivity (Wildman–Crippen MR) is 65.1 cm³/mol. The molecule has 1 unspecified atom stereocenters. The van der Waals surface area contributed by atoms with E-state index < -0.39 is 35.0 Å². The van der Waals surface area contributed by atoms with E-state index in [-0.39, 0.29) is 11.3 Å². The van der Waals surface area contributed by atoms with Gasteiger partial charge in [-0.15, -0.1) is 0 Å². The summed E-state index contributed by atoms with van der Waals surface area (Å²) in [6, 6.07) is 3.55. The number of nitrogens with zero attached hydrogens (tertiary/aromatic N) is 2. The Bertz CT molecular complexity index is 607. The summed E-state index contributed by atoms with van der Waals surface area (Å²) in [4.78, 5) is 31.5. The van der Waals surface area contributed by atoms with Crippen molar-refractivity contribution in [3.05, 3.63) is 33.9 Å². The van der Waals surface area contributed by atoms with Crippen LogP contribution in [0.3, 0.4) is 0 Å². The Labute approximate surface area is 112 Å². The smallest absolute Gasteiger partial charge is 0.326 e. The van der Waals surface area contributed by atoms with Gasteiger partial charge >= 0.3 is 11.9 Å². The van der Waals surface area contributed by atoms with Crippen LogP contribution >= 0.6 is 0 Å². The van der Waals surface area contributed by atoms with Gasteiger partial charge in [-0.1, -0.05) is 0 Å². The lowest BCUT2D eigenvalue weighted by Crippen LogP contribution is -2.32. The van der Waals surface area contributed by atoms with Gasteiger partial charge in [-0.3, -0.25) is 14.9 Å². The van der Waals surface area contributed by atoms with Crippen LogP contribution in [0.4, 0.5) is 11.4 Å². The molecule has 1 aromatic rings. The van der Waals surface area contributed by atoms with Crippen molar-refractivity contribution in [2.45, 2.75) is 12.5 Å². The molecule has 0 aliphatic rings. The Morgan fingerprint density at radius 3 is 2.55 bits per heavy atom. The van der Waals surface area contributed by atoms with Crippen molar-refractivity contribution < 1.29 is 24.7 Å². The number of nitro groups is 1. The van der Waals surface area contributed by atoms with E-state index in [1.165, 1.54) is 6.07 Å². The number of nitro benzene ring substituents is 1. The van der Waals surface area contributed by atoms with E-state index in [0.717, 1.165) is 12.1 Å². The molecule has 20 heavy (non-hydrogen) atoms. The average molecular weight is 279 g/mol. The summed E-state index contributed by atoms with van der Waals surface area (Å²) in [6.45, 7) is 0. The second kappa shape index (κ2) is 6.14. The summed E-state index contributed by atoms with van der Waals surface area (Å²) < 4.78 is 0. The van der Waals surface area contributed by atoms with Crippen LogP contribution in [0, 0.1) is 21.4 Å². The van der Waals surface area contributed by atoms with Gasteiger partial charge in [0, 0.05) is 6.07 Å². The molecule has 0 aliphatic carbocycles. The van der Waals surface area contributed by atoms with Crippen LogP contribution in [-0.2, 0) is 9.59 Å². The largest absolute Gasteiger partial charge is 0.481 e. The van der Waals surface area contributed by atoms with Crippen LogP contribution in [0.5, 0.6) is 0 Å². The maximum Gasteiger partial charge on any atom is 0.326 e. The fraction of sp³-hybridized carbons (Fsp3) is 0.182. The van der Waals surface area contributed by atoms with Gasteiger partial charge in [-0.05, 0) is 12.1 Å². The number of rotatable bonds is 6. The van der Waals surface area contributed by atoms with Gasteiger partial charge in [0.15, 0.2) is 0 Å². The van der Waals surface area contributed by atoms with E-state index in [1.807, 2.05) is 0 Å². The van der Waals surface area contributed by atoms with Gasteiger partial charge in [0.2, 0.25) is 0 Å². The summed E-state index contributed by atoms with van der Waals surface area (Å²) in [5.41, 5.74) is -0.582. The Morgan fingerprint density at radius 2 is 2.10 bits per heavy atom. The van der Waals surface area contributed by atoms with Crippen molar-refractivity contribution in [2.75, 3.05) is 5.32 Å². The number of hydrogen-bond acceptors (Lipinski definition) is 6. The Kier molecular flexibility index (Phi) is 4.58. The van der Waals surface area contributed by atoms with E-state index in [9.17, 15) is 19.7 Å². The lowest BCUT2D eigenvalue weighted by molar-refractivity contribution is -0.384. The molecular weight excluding hydrogens is 270 g/mol. The molecule has 0 radical (unpaired) electrons. The highest BCUT2D eigenvalue weighted by molar-refractivity contribution is 5.84. The number of benzene rings is 1. The molecule has 0 saturated heterocycles. The SMILES string of the molecule is N#Cc1ccc([N+](=O)[O-])c(NC(CC(=O)O)C(=O)O)c1. The number of anilines is 1. The van der Waals surface area contributed by atoms with Gasteiger partial charge < -0.3 is 15.5 Å². The van der Waals surface area contributed by atoms with Gasteiger partial charge in [-0.25, -0.2) is 4.79 Å². The van der Waals surface area contributed by atoms with Crippen molar-refractivity contribution in [2.24, 2.45) is 0 Å². The Balaban J connectivity index is 3.16. The highest BCUT2D eigenvalue weighted by Gasteiger charge is 2.24. The van der Waals surface area contributed by atoms with E-state index in [4.69, 9.17) is 15.5 Å². The number of nitriles is 1. The molecule has 0 bridgehead atoms. The third kappa shape index (κ3) is 3.67. The zero-order valence-corrected chi connectivity index (χ0v) is 9.94. The van der Waals surface area contributed by atoms with Crippen LogP contribution in [0.1, 0.15) is 12.0 Å². The lowest BCUT2D eigenvalue weighted by atomic mass is 10.1. The van der Waals surface area contributed by atoms with E-state index in [1.54, 1.807) is 6.07 Å². The van der Waals surface area contributed by atoms with Gasteiger partial charge in [0.05, 0.1) is 23.0 Å². The first kappa shape index (κ1) is 14.9. The number of nitrogens with one attached hydrogen (secondary N) is 1. The highest BCUT2D eigenvalue weighted by Crippen LogP contribution is 2.26. The maximum atomic E-state index is 10.9.